The van der Waals surface area contributed by atoms with Gasteiger partial charge in [-0.15, -0.1) is 0 Å². The van der Waals surface area contributed by atoms with Crippen molar-refractivity contribution in [1.29, 1.82) is 0 Å². The first-order valence-electron chi connectivity index (χ1n) is 8.00. The Morgan fingerprint density at radius 2 is 2.17 bits per heavy atom. The largest absolute Gasteiger partial charge is 0.382 e. The van der Waals surface area contributed by atoms with Crippen molar-refractivity contribution in [2.75, 3.05) is 5.73 Å². The summed E-state index contributed by atoms with van der Waals surface area (Å²) in [5, 5.41) is 2.95. The number of carbonyl (C=O) groups is 1. The molecule has 0 radical (unpaired) electrons. The molecule has 4 rings (SSSR count). The number of nitrogens with two attached hydrogens (primary N) is 1. The van der Waals surface area contributed by atoms with E-state index in [-0.39, 0.29) is 23.5 Å². The molecule has 0 bridgehead atoms. The number of H-pyrrole nitrogens is 1. The Morgan fingerprint density at radius 1 is 1.33 bits per heavy atom. The predicted molar refractivity (Wildman–Crippen MR) is 91.4 cm³/mol. The highest BCUT2D eigenvalue weighted by atomic mass is 16.2. The van der Waals surface area contributed by atoms with Gasteiger partial charge in [0, 0.05) is 6.04 Å². The third-order valence-corrected chi connectivity index (χ3v) is 4.34. The van der Waals surface area contributed by atoms with Crippen LogP contribution in [-0.4, -0.2) is 31.9 Å². The lowest BCUT2D eigenvalue weighted by Gasteiger charge is -2.26. The van der Waals surface area contributed by atoms with Crippen molar-refractivity contribution in [3.63, 3.8) is 0 Å². The number of amides is 1. The van der Waals surface area contributed by atoms with Crippen molar-refractivity contribution in [1.82, 2.24) is 25.3 Å². The molecule has 0 atom stereocenters. The lowest BCUT2D eigenvalue weighted by molar-refractivity contribution is 0.0911. The second-order valence-electron chi connectivity index (χ2n) is 6.20. The van der Waals surface area contributed by atoms with Gasteiger partial charge in [-0.2, -0.15) is 0 Å². The summed E-state index contributed by atoms with van der Waals surface area (Å²) in [7, 11) is 0. The van der Waals surface area contributed by atoms with E-state index in [4.69, 9.17) is 5.73 Å². The summed E-state index contributed by atoms with van der Waals surface area (Å²) in [4.78, 5) is 28.5. The number of aromatic amines is 1. The average Bonchev–Trinajstić information content (AvgIpc) is 2.93. The number of carbonyl (C=O) groups excluding carboxylic acids is 1. The molecule has 3 aromatic rings. The lowest BCUT2D eigenvalue weighted by atomic mass is 9.93. The number of aromatic nitrogens is 4. The van der Waals surface area contributed by atoms with E-state index in [1.807, 2.05) is 25.1 Å². The maximum absolute atomic E-state index is 12.3. The Bertz CT molecular complexity index is 928. The summed E-state index contributed by atoms with van der Waals surface area (Å²) in [6.07, 6.45) is 4.59. The highest BCUT2D eigenvalue weighted by molar-refractivity contribution is 5.93. The van der Waals surface area contributed by atoms with E-state index in [0.717, 1.165) is 35.9 Å². The molecule has 7 nitrogen and oxygen atoms in total. The van der Waals surface area contributed by atoms with Crippen LogP contribution in [0.15, 0.2) is 24.4 Å². The van der Waals surface area contributed by atoms with Gasteiger partial charge in [0.1, 0.15) is 11.4 Å². The topological polar surface area (TPSA) is 110 Å². The zero-order valence-electron chi connectivity index (χ0n) is 13.3. The predicted octanol–water partition coefficient (Wildman–Crippen LogP) is 2.19. The zero-order chi connectivity index (χ0) is 16.7. The summed E-state index contributed by atoms with van der Waals surface area (Å²) in [5.41, 5.74) is 9.44. The molecular weight excluding hydrogens is 304 g/mol. The summed E-state index contributed by atoms with van der Waals surface area (Å²) in [6, 6.07) is 6.17. The minimum absolute atomic E-state index is 0.222. The number of nitrogen functional groups attached to an aromatic ring is 1. The Morgan fingerprint density at radius 3 is 2.92 bits per heavy atom. The number of fused-ring (bicyclic) bond motifs is 1. The molecule has 0 saturated heterocycles. The van der Waals surface area contributed by atoms with Crippen molar-refractivity contribution in [3.8, 4) is 11.5 Å². The van der Waals surface area contributed by atoms with Crippen LogP contribution in [0.1, 0.15) is 35.3 Å². The maximum Gasteiger partial charge on any atom is 0.271 e. The molecule has 1 saturated carbocycles. The average molecular weight is 322 g/mol. The van der Waals surface area contributed by atoms with E-state index in [1.54, 1.807) is 0 Å². The van der Waals surface area contributed by atoms with E-state index in [0.29, 0.717) is 11.5 Å². The van der Waals surface area contributed by atoms with Gasteiger partial charge in [0.05, 0.1) is 17.2 Å². The third-order valence-electron chi connectivity index (χ3n) is 4.34. The Labute approximate surface area is 138 Å². The molecule has 1 aliphatic rings. The van der Waals surface area contributed by atoms with Gasteiger partial charge < -0.3 is 16.0 Å². The standard InChI is InChI=1S/C17H18N6O/c1-9-5-6-11-12(7-9)23-16(22-11)14-15(18)19-8-13(21-14)17(24)20-10-3-2-4-10/h5-8,10H,2-4H2,1H3,(H2,18,19)(H,20,24)(H,22,23). The number of hydrogen-bond acceptors (Lipinski definition) is 5. The summed E-state index contributed by atoms with van der Waals surface area (Å²) >= 11 is 0. The fourth-order valence-corrected chi connectivity index (χ4v) is 2.73. The molecule has 2 heterocycles. The monoisotopic (exact) mass is 322 g/mol. The molecule has 1 aromatic carbocycles. The number of imidazole rings is 1. The third kappa shape index (κ3) is 2.58. The van der Waals surface area contributed by atoms with Gasteiger partial charge in [0.25, 0.3) is 5.91 Å². The van der Waals surface area contributed by atoms with E-state index in [2.05, 4.69) is 25.3 Å². The second kappa shape index (κ2) is 5.59. The van der Waals surface area contributed by atoms with Crippen molar-refractivity contribution < 1.29 is 4.79 Å². The smallest absolute Gasteiger partial charge is 0.271 e. The number of anilines is 1. The van der Waals surface area contributed by atoms with Gasteiger partial charge in [-0.25, -0.2) is 15.0 Å². The van der Waals surface area contributed by atoms with E-state index < -0.39 is 0 Å². The first-order valence-corrected chi connectivity index (χ1v) is 8.00. The Kier molecular flexibility index (Phi) is 3.41. The number of aryl methyl sites for hydroxylation is 1. The Hall–Kier alpha value is -2.96. The van der Waals surface area contributed by atoms with Crippen molar-refractivity contribution >= 4 is 22.8 Å². The highest BCUT2D eigenvalue weighted by Gasteiger charge is 2.22. The molecule has 24 heavy (non-hydrogen) atoms. The number of nitrogens with zero attached hydrogens (tertiary/aromatic N) is 3. The maximum atomic E-state index is 12.3. The van der Waals surface area contributed by atoms with E-state index >= 15 is 0 Å². The van der Waals surface area contributed by atoms with Crippen LogP contribution in [0, 0.1) is 6.92 Å². The molecule has 1 fully saturated rings. The van der Waals surface area contributed by atoms with Gasteiger partial charge in [0.15, 0.2) is 11.6 Å². The SMILES string of the molecule is Cc1ccc2nc(-c3nc(C(=O)NC4CCC4)cnc3N)[nH]c2c1. The van der Waals surface area contributed by atoms with Gasteiger partial charge in [-0.1, -0.05) is 6.07 Å². The van der Waals surface area contributed by atoms with Crippen LogP contribution in [0.3, 0.4) is 0 Å². The molecule has 2 aromatic heterocycles. The normalized spacial score (nSPS) is 14.5. The van der Waals surface area contributed by atoms with Gasteiger partial charge in [-0.05, 0) is 43.9 Å². The minimum atomic E-state index is -0.222. The lowest BCUT2D eigenvalue weighted by Crippen LogP contribution is -2.39. The van der Waals surface area contributed by atoms with Gasteiger partial charge in [0.2, 0.25) is 0 Å². The second-order valence-corrected chi connectivity index (χ2v) is 6.20. The molecule has 0 unspecified atom stereocenters. The minimum Gasteiger partial charge on any atom is -0.382 e. The first kappa shape index (κ1) is 14.6. The number of benzene rings is 1. The van der Waals surface area contributed by atoms with Crippen LogP contribution in [0.25, 0.3) is 22.6 Å². The Balaban J connectivity index is 1.70. The molecule has 4 N–H and O–H groups in total. The van der Waals surface area contributed by atoms with Crippen LogP contribution in [0.4, 0.5) is 5.82 Å². The molecule has 7 heteroatoms. The van der Waals surface area contributed by atoms with Crippen molar-refractivity contribution in [2.45, 2.75) is 32.2 Å². The van der Waals surface area contributed by atoms with E-state index in [1.165, 1.54) is 6.20 Å². The zero-order valence-corrected chi connectivity index (χ0v) is 13.3. The molecule has 0 aliphatic heterocycles. The first-order chi connectivity index (χ1) is 11.6. The molecule has 1 amide bonds. The van der Waals surface area contributed by atoms with Crippen LogP contribution >= 0.6 is 0 Å². The summed E-state index contributed by atoms with van der Waals surface area (Å²) < 4.78 is 0. The number of rotatable bonds is 3. The molecule has 1 aliphatic carbocycles. The van der Waals surface area contributed by atoms with Crippen LogP contribution in [0.2, 0.25) is 0 Å². The summed E-state index contributed by atoms with van der Waals surface area (Å²) in [5.74, 6) is 0.533. The number of nitrogens with one attached hydrogen (secondary N) is 2. The highest BCUT2D eigenvalue weighted by Crippen LogP contribution is 2.24. The van der Waals surface area contributed by atoms with Gasteiger partial charge >= 0.3 is 0 Å². The van der Waals surface area contributed by atoms with Gasteiger partial charge in [-0.3, -0.25) is 4.79 Å². The quantitative estimate of drug-likeness (QED) is 0.685. The van der Waals surface area contributed by atoms with Crippen LogP contribution in [0.5, 0.6) is 0 Å². The molecule has 122 valence electrons. The summed E-state index contributed by atoms with van der Waals surface area (Å²) in [6.45, 7) is 2.01. The van der Waals surface area contributed by atoms with E-state index in [9.17, 15) is 4.79 Å². The van der Waals surface area contributed by atoms with Crippen molar-refractivity contribution in [2.24, 2.45) is 0 Å². The van der Waals surface area contributed by atoms with Crippen LogP contribution in [-0.2, 0) is 0 Å². The molecular formula is C17H18N6O. The fraction of sp³-hybridized carbons (Fsp3) is 0.294. The van der Waals surface area contributed by atoms with Crippen molar-refractivity contribution in [3.05, 3.63) is 35.7 Å². The fourth-order valence-electron chi connectivity index (χ4n) is 2.73. The molecule has 0 spiro atoms. The van der Waals surface area contributed by atoms with Crippen LogP contribution < -0.4 is 11.1 Å². The number of hydrogen-bond donors (Lipinski definition) is 3.